The Labute approximate surface area is 122 Å². The molecule has 0 spiro atoms. The zero-order chi connectivity index (χ0) is 15.4. The van der Waals surface area contributed by atoms with Crippen LogP contribution in [0.4, 0.5) is 10.1 Å². The molecule has 0 aliphatic heterocycles. The molecule has 0 saturated carbocycles. The number of hydrogen-bond acceptors (Lipinski definition) is 3. The number of halogens is 1. The molecule has 0 bridgehead atoms. The van der Waals surface area contributed by atoms with Crippen molar-refractivity contribution in [3.05, 3.63) is 53.3 Å². The smallest absolute Gasteiger partial charge is 0.255 e. The quantitative estimate of drug-likeness (QED) is 0.849. The second-order valence-electron chi connectivity index (χ2n) is 4.65. The molecule has 2 rings (SSSR count). The van der Waals surface area contributed by atoms with E-state index in [-0.39, 0.29) is 17.4 Å². The van der Waals surface area contributed by atoms with Crippen molar-refractivity contribution in [2.45, 2.75) is 13.8 Å². The normalized spacial score (nSPS) is 10.2. The Kier molecular flexibility index (Phi) is 4.42. The Morgan fingerprint density at radius 3 is 2.71 bits per heavy atom. The van der Waals surface area contributed by atoms with Gasteiger partial charge in [0.1, 0.15) is 5.75 Å². The molecule has 0 aromatic heterocycles. The first-order valence-corrected chi connectivity index (χ1v) is 6.63. The van der Waals surface area contributed by atoms with Crippen LogP contribution in [0.5, 0.6) is 11.5 Å². The van der Waals surface area contributed by atoms with Crippen LogP contribution in [0.25, 0.3) is 0 Å². The van der Waals surface area contributed by atoms with Gasteiger partial charge in [-0.15, -0.1) is 0 Å². The van der Waals surface area contributed by atoms with Crippen molar-refractivity contribution in [1.29, 1.82) is 0 Å². The monoisotopic (exact) mass is 288 g/mol. The van der Waals surface area contributed by atoms with Gasteiger partial charge in [-0.25, -0.2) is 4.39 Å². The summed E-state index contributed by atoms with van der Waals surface area (Å²) in [5.74, 6) is -0.498. The fourth-order valence-electron chi connectivity index (χ4n) is 1.87. The summed E-state index contributed by atoms with van der Waals surface area (Å²) in [6.07, 6.45) is 0. The van der Waals surface area contributed by atoms with E-state index in [0.717, 1.165) is 5.56 Å². The zero-order valence-electron chi connectivity index (χ0n) is 11.9. The number of amides is 1. The summed E-state index contributed by atoms with van der Waals surface area (Å²) in [6.45, 7) is 4.13. The van der Waals surface area contributed by atoms with Crippen LogP contribution in [0, 0.1) is 12.7 Å². The van der Waals surface area contributed by atoms with E-state index in [0.29, 0.717) is 17.8 Å². The number of carbonyl (C=O) groups is 1. The molecule has 5 heteroatoms. The van der Waals surface area contributed by atoms with Gasteiger partial charge in [0.25, 0.3) is 5.91 Å². The van der Waals surface area contributed by atoms with E-state index >= 15 is 0 Å². The Morgan fingerprint density at radius 2 is 2.00 bits per heavy atom. The van der Waals surface area contributed by atoms with Crippen molar-refractivity contribution in [3.63, 3.8) is 0 Å². The first-order valence-electron chi connectivity index (χ1n) is 6.63. The number of nitrogens with two attached hydrogens (primary N) is 1. The van der Waals surface area contributed by atoms with Crippen LogP contribution in [0.1, 0.15) is 22.8 Å². The third kappa shape index (κ3) is 3.51. The van der Waals surface area contributed by atoms with E-state index in [1.807, 2.05) is 13.8 Å². The Hall–Kier alpha value is -2.56. The Bertz CT molecular complexity index is 671. The first kappa shape index (κ1) is 14.8. The van der Waals surface area contributed by atoms with Crippen LogP contribution in [0.3, 0.4) is 0 Å². The fourth-order valence-corrected chi connectivity index (χ4v) is 1.87. The topological polar surface area (TPSA) is 64.4 Å². The predicted octanol–water partition coefficient (Wildman–Crippen LogP) is 3.26. The van der Waals surface area contributed by atoms with E-state index in [1.165, 1.54) is 12.1 Å². The third-order valence-corrected chi connectivity index (χ3v) is 2.89. The minimum absolute atomic E-state index is 0.0612. The molecule has 0 heterocycles. The van der Waals surface area contributed by atoms with Crippen molar-refractivity contribution in [2.75, 3.05) is 12.3 Å². The molecule has 2 aromatic rings. The highest BCUT2D eigenvalue weighted by molar-refractivity contribution is 5.97. The van der Waals surface area contributed by atoms with Crippen molar-refractivity contribution >= 4 is 11.6 Å². The van der Waals surface area contributed by atoms with Gasteiger partial charge in [0.2, 0.25) is 0 Å². The molecule has 4 nitrogen and oxygen atoms in total. The van der Waals surface area contributed by atoms with Crippen LogP contribution < -0.4 is 15.8 Å². The first-order chi connectivity index (χ1) is 10.0. The highest BCUT2D eigenvalue weighted by Crippen LogP contribution is 2.30. The SMILES string of the molecule is CCNC(=O)c1ccc(N)cc1Oc1cc(C)ccc1F. The molecule has 0 radical (unpaired) electrons. The highest BCUT2D eigenvalue weighted by Gasteiger charge is 2.14. The number of rotatable bonds is 4. The average molecular weight is 288 g/mol. The van der Waals surface area contributed by atoms with Gasteiger partial charge in [-0.3, -0.25) is 4.79 Å². The summed E-state index contributed by atoms with van der Waals surface area (Å²) < 4.78 is 19.3. The van der Waals surface area contributed by atoms with Gasteiger partial charge in [-0.1, -0.05) is 6.07 Å². The van der Waals surface area contributed by atoms with E-state index in [1.54, 1.807) is 24.3 Å². The highest BCUT2D eigenvalue weighted by atomic mass is 19.1. The number of aryl methyl sites for hydroxylation is 1. The molecule has 3 N–H and O–H groups in total. The zero-order valence-corrected chi connectivity index (χ0v) is 11.9. The van der Waals surface area contributed by atoms with Crippen LogP contribution >= 0.6 is 0 Å². The number of anilines is 1. The van der Waals surface area contributed by atoms with Crippen molar-refractivity contribution < 1.29 is 13.9 Å². The Balaban J connectivity index is 2.40. The number of ether oxygens (including phenoxy) is 1. The van der Waals surface area contributed by atoms with E-state index in [9.17, 15) is 9.18 Å². The second-order valence-corrected chi connectivity index (χ2v) is 4.65. The lowest BCUT2D eigenvalue weighted by Gasteiger charge is -2.12. The van der Waals surface area contributed by atoms with Crippen molar-refractivity contribution in [1.82, 2.24) is 5.32 Å². The minimum atomic E-state index is -0.495. The molecule has 0 aliphatic rings. The summed E-state index contributed by atoms with van der Waals surface area (Å²) in [5.41, 5.74) is 7.32. The van der Waals surface area contributed by atoms with Gasteiger partial charge in [0.15, 0.2) is 11.6 Å². The summed E-state index contributed by atoms with van der Waals surface area (Å²) in [7, 11) is 0. The minimum Gasteiger partial charge on any atom is -0.453 e. The number of nitrogens with one attached hydrogen (secondary N) is 1. The molecule has 21 heavy (non-hydrogen) atoms. The van der Waals surface area contributed by atoms with Gasteiger partial charge < -0.3 is 15.8 Å². The molecule has 0 unspecified atom stereocenters. The largest absolute Gasteiger partial charge is 0.453 e. The summed E-state index contributed by atoms with van der Waals surface area (Å²) in [4.78, 5) is 12.0. The number of benzene rings is 2. The standard InChI is InChI=1S/C16H17FN2O2/c1-3-19-16(20)12-6-5-11(18)9-14(12)21-15-8-10(2)4-7-13(15)17/h4-9H,3,18H2,1-2H3,(H,19,20). The Morgan fingerprint density at radius 1 is 1.24 bits per heavy atom. The van der Waals surface area contributed by atoms with Crippen LogP contribution in [0.2, 0.25) is 0 Å². The fraction of sp³-hybridized carbons (Fsp3) is 0.188. The summed E-state index contributed by atoms with van der Waals surface area (Å²) in [5, 5.41) is 2.68. The maximum Gasteiger partial charge on any atom is 0.255 e. The number of nitrogen functional groups attached to an aromatic ring is 1. The van der Waals surface area contributed by atoms with E-state index < -0.39 is 5.82 Å². The molecule has 2 aromatic carbocycles. The maximum atomic E-state index is 13.8. The number of hydrogen-bond donors (Lipinski definition) is 2. The maximum absolute atomic E-state index is 13.8. The van der Waals surface area contributed by atoms with Crippen LogP contribution in [-0.4, -0.2) is 12.5 Å². The predicted molar refractivity (Wildman–Crippen MR) is 80.1 cm³/mol. The third-order valence-electron chi connectivity index (χ3n) is 2.89. The lowest BCUT2D eigenvalue weighted by atomic mass is 10.1. The van der Waals surface area contributed by atoms with Crippen LogP contribution in [0.15, 0.2) is 36.4 Å². The van der Waals surface area contributed by atoms with Gasteiger partial charge in [-0.2, -0.15) is 0 Å². The van der Waals surface area contributed by atoms with Crippen LogP contribution in [-0.2, 0) is 0 Å². The van der Waals surface area contributed by atoms with E-state index in [4.69, 9.17) is 10.5 Å². The van der Waals surface area contributed by atoms with E-state index in [2.05, 4.69) is 5.32 Å². The van der Waals surface area contributed by atoms with Crippen molar-refractivity contribution in [3.8, 4) is 11.5 Å². The molecular formula is C16H17FN2O2. The molecule has 0 fully saturated rings. The lowest BCUT2D eigenvalue weighted by molar-refractivity contribution is 0.0953. The van der Waals surface area contributed by atoms with Gasteiger partial charge >= 0.3 is 0 Å². The number of carbonyl (C=O) groups excluding carboxylic acids is 1. The second kappa shape index (κ2) is 6.26. The van der Waals surface area contributed by atoms with Crippen molar-refractivity contribution in [2.24, 2.45) is 0 Å². The average Bonchev–Trinajstić information content (AvgIpc) is 2.43. The molecular weight excluding hydrogens is 271 g/mol. The lowest BCUT2D eigenvalue weighted by Crippen LogP contribution is -2.23. The molecule has 0 saturated heterocycles. The van der Waals surface area contributed by atoms with Gasteiger partial charge in [0, 0.05) is 18.3 Å². The molecule has 0 aliphatic carbocycles. The summed E-state index contributed by atoms with van der Waals surface area (Å²) in [6, 6.07) is 9.20. The summed E-state index contributed by atoms with van der Waals surface area (Å²) >= 11 is 0. The molecule has 110 valence electrons. The molecule has 0 atom stereocenters. The molecule has 1 amide bonds. The van der Waals surface area contributed by atoms with Gasteiger partial charge in [-0.05, 0) is 43.7 Å². The van der Waals surface area contributed by atoms with Gasteiger partial charge in [0.05, 0.1) is 5.56 Å².